The van der Waals surface area contributed by atoms with Crippen LogP contribution in [0.25, 0.3) is 0 Å². The van der Waals surface area contributed by atoms with Gasteiger partial charge in [-0.15, -0.1) is 0 Å². The summed E-state index contributed by atoms with van der Waals surface area (Å²) in [5.74, 6) is 0. The van der Waals surface area contributed by atoms with E-state index in [1.807, 2.05) is 0 Å². The van der Waals surface area contributed by atoms with Gasteiger partial charge in [0.1, 0.15) is 0 Å². The summed E-state index contributed by atoms with van der Waals surface area (Å²) in [5.41, 5.74) is 0. The summed E-state index contributed by atoms with van der Waals surface area (Å²) in [6.45, 7) is 0. The monoisotopic (exact) mass is 156 g/mol. The molecule has 0 fully saturated rings. The van der Waals surface area contributed by atoms with Crippen LogP contribution in [-0.4, -0.2) is 0 Å². The van der Waals surface area contributed by atoms with Crippen LogP contribution in [-0.2, 0) is 20.4 Å². The fraction of sp³-hybridized carbons (Fsp3) is 0. The molecule has 0 bridgehead atoms. The third-order valence-electron chi connectivity index (χ3n) is 0. The summed E-state index contributed by atoms with van der Waals surface area (Å²) in [5, 5.41) is 0. The molecule has 0 aliphatic rings. The quantitative estimate of drug-likeness (QED) is 0.271. The third-order valence-corrected chi connectivity index (χ3v) is 0. The minimum atomic E-state index is 0. The van der Waals surface area contributed by atoms with Crippen LogP contribution in [0.15, 0.2) is 0 Å². The van der Waals surface area contributed by atoms with E-state index in [1.54, 1.807) is 0 Å². The minimum absolute atomic E-state index is 0. The van der Waals surface area contributed by atoms with Gasteiger partial charge in [-0.2, -0.15) is 0 Å². The van der Waals surface area contributed by atoms with Crippen molar-refractivity contribution in [3.63, 3.8) is 0 Å². The predicted molar refractivity (Wildman–Crippen MR) is 16.4 cm³/mol. The maximum absolute atomic E-state index is 5.25. The van der Waals surface area contributed by atoms with Crippen LogP contribution in [0, 0.1) is 25.7 Å². The van der Waals surface area contributed by atoms with Crippen molar-refractivity contribution in [2.75, 3.05) is 0 Å². The van der Waals surface area contributed by atoms with Crippen molar-refractivity contribution < 1.29 is 20.4 Å². The molecule has 0 saturated carbocycles. The first kappa shape index (κ1) is 21.5. The Bertz CT molecular complexity index is 19.1. The Morgan fingerprint density at radius 3 is 0.800 bits per heavy atom. The molecule has 0 amide bonds. The van der Waals surface area contributed by atoms with E-state index in [1.165, 1.54) is 0 Å². The van der Waals surface area contributed by atoms with Gasteiger partial charge in [0, 0.05) is 0 Å². The van der Waals surface area contributed by atoms with Crippen molar-refractivity contribution in [3.8, 4) is 12.8 Å². The fourth-order valence-electron chi connectivity index (χ4n) is 0. The topological polar surface area (TPSA) is 0 Å². The van der Waals surface area contributed by atoms with Gasteiger partial charge in [0.05, 0.1) is 0 Å². The Labute approximate surface area is 46.6 Å². The van der Waals surface area contributed by atoms with Crippen molar-refractivity contribution in [1.29, 1.82) is 0 Å². The molecule has 0 radical (unpaired) electrons. The van der Waals surface area contributed by atoms with Crippen LogP contribution in [0.3, 0.4) is 0 Å². The Balaban J connectivity index is -0.0000000133. The molecule has 0 aliphatic heterocycles. The van der Waals surface area contributed by atoms with E-state index in [9.17, 15) is 0 Å². The van der Waals surface area contributed by atoms with E-state index >= 15 is 0 Å². The summed E-state index contributed by atoms with van der Waals surface area (Å²) in [4.78, 5) is 0. The zero-order valence-electron chi connectivity index (χ0n) is 2.47. The molecule has 1 heteroatoms. The zero-order chi connectivity index (χ0) is 4.00. The summed E-state index contributed by atoms with van der Waals surface area (Å²) in [7, 11) is 0. The van der Waals surface area contributed by atoms with Crippen LogP contribution < -0.4 is 0 Å². The van der Waals surface area contributed by atoms with Crippen molar-refractivity contribution in [2.24, 2.45) is 0 Å². The van der Waals surface area contributed by atoms with E-state index < -0.39 is 0 Å². The molecule has 0 nitrogen and oxygen atoms in total. The maximum Gasteiger partial charge on any atom is 2.00 e. The van der Waals surface area contributed by atoms with Crippen LogP contribution in [0.4, 0.5) is 0 Å². The van der Waals surface area contributed by atoms with Gasteiger partial charge in [0.25, 0.3) is 0 Å². The van der Waals surface area contributed by atoms with Gasteiger partial charge < -0.3 is 25.7 Å². The van der Waals surface area contributed by atoms with Crippen LogP contribution in [0.1, 0.15) is 0 Å². The summed E-state index contributed by atoms with van der Waals surface area (Å²) in [6, 6.07) is 0. The third kappa shape index (κ3) is 254. The van der Waals surface area contributed by atoms with Crippen molar-refractivity contribution in [3.05, 3.63) is 12.8 Å². The Morgan fingerprint density at radius 2 is 0.800 bits per heavy atom. The molecule has 0 aromatic carbocycles. The normalized spacial score (nSPS) is 0.800. The van der Waals surface area contributed by atoms with Gasteiger partial charge in [-0.1, -0.05) is 0 Å². The predicted octanol–water partition coefficient (Wildman–Crippen LogP) is 0.409. The van der Waals surface area contributed by atoms with E-state index in [0.29, 0.717) is 0 Å². The number of rotatable bonds is 0. The molecule has 0 aromatic rings. The Kier molecular flexibility index (Phi) is 2660. The maximum atomic E-state index is 5.25. The SMILES string of the molecule is [C-]#C.[C-]#C.[Pd+2]. The second-order valence-electron chi connectivity index (χ2n) is 0. The van der Waals surface area contributed by atoms with Crippen molar-refractivity contribution >= 4 is 0 Å². The molecule has 5 heavy (non-hydrogen) atoms. The fourth-order valence-corrected chi connectivity index (χ4v) is 0. The largest absolute Gasteiger partial charge is 2.00 e. The van der Waals surface area contributed by atoms with E-state index in [4.69, 9.17) is 12.8 Å². The second kappa shape index (κ2) is 618. The molecule has 28 valence electrons. The first-order valence-electron chi connectivity index (χ1n) is 0.577. The second-order valence-corrected chi connectivity index (χ2v) is 0. The Morgan fingerprint density at radius 1 is 0.800 bits per heavy atom. The molecule has 0 aliphatic carbocycles. The molecular weight excluding hydrogens is 154 g/mol. The molecule has 0 spiro atoms. The van der Waals surface area contributed by atoms with E-state index in [0.717, 1.165) is 0 Å². The van der Waals surface area contributed by atoms with Crippen LogP contribution >= 0.6 is 0 Å². The first-order valence-corrected chi connectivity index (χ1v) is 0.577. The average molecular weight is 156 g/mol. The average Bonchev–Trinajstić information content (AvgIpc) is 1.50. The van der Waals surface area contributed by atoms with Gasteiger partial charge >= 0.3 is 20.4 Å². The zero-order valence-corrected chi connectivity index (χ0v) is 4.03. The molecule has 0 heterocycles. The number of hydrogen-bond donors (Lipinski definition) is 0. The molecule has 0 N–H and O–H groups in total. The van der Waals surface area contributed by atoms with Crippen molar-refractivity contribution in [2.45, 2.75) is 0 Å². The van der Waals surface area contributed by atoms with Gasteiger partial charge in [-0.05, 0) is 0 Å². The van der Waals surface area contributed by atoms with E-state index in [-0.39, 0.29) is 20.4 Å². The number of terminal acetylenes is 2. The molecule has 0 unspecified atom stereocenters. The van der Waals surface area contributed by atoms with Gasteiger partial charge in [0.15, 0.2) is 0 Å². The van der Waals surface area contributed by atoms with Gasteiger partial charge in [0.2, 0.25) is 0 Å². The molecule has 0 rings (SSSR count). The summed E-state index contributed by atoms with van der Waals surface area (Å²) < 4.78 is 0. The smallest absolute Gasteiger partial charge is 0.697 e. The van der Waals surface area contributed by atoms with E-state index in [2.05, 4.69) is 12.8 Å². The molecule has 0 saturated heterocycles. The summed E-state index contributed by atoms with van der Waals surface area (Å²) in [6.07, 6.45) is 18.0. The standard InChI is InChI=1S/2C2H.Pd/c2*1-2;/h2*1H;/q2*-1;+2. The first-order chi connectivity index (χ1) is 2.00. The Hall–Kier alpha value is -0.218. The van der Waals surface area contributed by atoms with Gasteiger partial charge in [-0.3, -0.25) is 0 Å². The molecule has 0 atom stereocenters. The molecular formula is C4H2Pd. The summed E-state index contributed by atoms with van der Waals surface area (Å²) >= 11 is 0. The minimum Gasteiger partial charge on any atom is -0.697 e. The number of hydrogen-bond acceptors (Lipinski definition) is 0. The van der Waals surface area contributed by atoms with Crippen LogP contribution in [0.5, 0.6) is 0 Å². The molecule has 0 aromatic heterocycles. The van der Waals surface area contributed by atoms with Gasteiger partial charge in [-0.25, -0.2) is 0 Å². The van der Waals surface area contributed by atoms with Crippen molar-refractivity contribution in [1.82, 2.24) is 0 Å². The van der Waals surface area contributed by atoms with Crippen LogP contribution in [0.2, 0.25) is 0 Å².